The topological polar surface area (TPSA) is 16.1 Å². The van der Waals surface area contributed by atoms with Gasteiger partial charge in [-0.15, -0.1) is 22.7 Å². The fraction of sp³-hybridized carbons (Fsp3) is 0. The van der Waals surface area contributed by atoms with Crippen LogP contribution in [-0.2, 0) is 0 Å². The van der Waals surface area contributed by atoms with Crippen LogP contribution in [0.1, 0.15) is 0 Å². The number of aromatic nitrogens is 1. The molecule has 2 heterocycles. The first-order valence-electron chi connectivity index (χ1n) is 21.3. The molecule has 0 aliphatic carbocycles. The minimum Gasteiger partial charge on any atom is -0.310 e. The minimum absolute atomic E-state index is 1.05. The third-order valence-corrected chi connectivity index (χ3v) is 14.4. The van der Waals surface area contributed by atoms with Crippen LogP contribution in [0.2, 0.25) is 0 Å². The summed E-state index contributed by atoms with van der Waals surface area (Å²) < 4.78 is 3.80. The smallest absolute Gasteiger partial charge is 0.124 e. The zero-order chi connectivity index (χ0) is 41.7. The van der Waals surface area contributed by atoms with E-state index in [4.69, 9.17) is 4.98 Å². The van der Waals surface area contributed by atoms with Gasteiger partial charge in [-0.2, -0.15) is 0 Å². The van der Waals surface area contributed by atoms with Gasteiger partial charge in [0.1, 0.15) is 5.01 Å². The van der Waals surface area contributed by atoms with Gasteiger partial charge in [-0.3, -0.25) is 0 Å². The van der Waals surface area contributed by atoms with E-state index in [1.807, 2.05) is 11.3 Å². The lowest BCUT2D eigenvalue weighted by Crippen LogP contribution is -2.10. The summed E-state index contributed by atoms with van der Waals surface area (Å²) in [6, 6.07) is 83.6. The average Bonchev–Trinajstić information content (AvgIpc) is 3.95. The summed E-state index contributed by atoms with van der Waals surface area (Å²) in [5, 5.41) is 6.06. The number of rotatable bonds is 8. The first-order chi connectivity index (χ1) is 31.2. The molecule has 0 radical (unpaired) electrons. The van der Waals surface area contributed by atoms with E-state index >= 15 is 0 Å². The Morgan fingerprint density at radius 2 is 0.873 bits per heavy atom. The van der Waals surface area contributed by atoms with Crippen molar-refractivity contribution in [2.75, 3.05) is 4.90 Å². The Labute approximate surface area is 374 Å². The predicted molar refractivity (Wildman–Crippen MR) is 272 cm³/mol. The van der Waals surface area contributed by atoms with Crippen LogP contribution in [0.5, 0.6) is 0 Å². The van der Waals surface area contributed by atoms with Gasteiger partial charge < -0.3 is 4.90 Å². The quantitative estimate of drug-likeness (QED) is 0.152. The van der Waals surface area contributed by atoms with E-state index in [-0.39, 0.29) is 0 Å². The molecule has 12 rings (SSSR count). The highest BCUT2D eigenvalue weighted by Gasteiger charge is 2.19. The van der Waals surface area contributed by atoms with Crippen LogP contribution >= 0.6 is 22.7 Å². The van der Waals surface area contributed by atoms with Gasteiger partial charge in [0.15, 0.2) is 0 Å². The van der Waals surface area contributed by atoms with Crippen molar-refractivity contribution < 1.29 is 0 Å². The van der Waals surface area contributed by atoms with Crippen molar-refractivity contribution in [2.24, 2.45) is 0 Å². The summed E-state index contributed by atoms with van der Waals surface area (Å²) in [5.41, 5.74) is 15.1. The zero-order valence-electron chi connectivity index (χ0n) is 34.2. The molecule has 296 valence electrons. The summed E-state index contributed by atoms with van der Waals surface area (Å²) in [4.78, 5) is 7.47. The number of hydrogen-bond donors (Lipinski definition) is 0. The van der Waals surface area contributed by atoms with Crippen LogP contribution in [0, 0.1) is 0 Å². The van der Waals surface area contributed by atoms with Gasteiger partial charge >= 0.3 is 0 Å². The van der Waals surface area contributed by atoms with E-state index in [2.05, 4.69) is 235 Å². The van der Waals surface area contributed by atoms with Crippen LogP contribution < -0.4 is 4.90 Å². The number of hydrogen-bond acceptors (Lipinski definition) is 4. The van der Waals surface area contributed by atoms with Gasteiger partial charge in [0, 0.05) is 42.8 Å². The van der Waals surface area contributed by atoms with E-state index in [1.54, 1.807) is 11.3 Å². The summed E-state index contributed by atoms with van der Waals surface area (Å²) in [7, 11) is 0. The Hall–Kier alpha value is -7.63. The Morgan fingerprint density at radius 3 is 1.62 bits per heavy atom. The SMILES string of the molecule is c1ccc(-c2ccc(N(c3ccc(-c4cccc5c4sc4cc6sc(-c7ccccc7)nc6cc45)cc3)c3ccc(-c4ccccc4)c(-c4cccc5ccccc45)c3)cc2)cc1. The number of fused-ring (bicyclic) bond motifs is 5. The lowest BCUT2D eigenvalue weighted by Gasteiger charge is -2.27. The second-order valence-electron chi connectivity index (χ2n) is 15.9. The van der Waals surface area contributed by atoms with Crippen LogP contribution in [0.3, 0.4) is 0 Å². The molecule has 0 saturated heterocycles. The molecule has 0 aliphatic rings. The maximum atomic E-state index is 5.07. The Morgan fingerprint density at radius 1 is 0.317 bits per heavy atom. The fourth-order valence-electron chi connectivity index (χ4n) is 9.05. The zero-order valence-corrected chi connectivity index (χ0v) is 35.8. The molecule has 12 aromatic rings. The normalized spacial score (nSPS) is 11.5. The third-order valence-electron chi connectivity index (χ3n) is 12.1. The van der Waals surface area contributed by atoms with Crippen molar-refractivity contribution in [3.05, 3.63) is 231 Å². The highest BCUT2D eigenvalue weighted by molar-refractivity contribution is 7.27. The first kappa shape index (κ1) is 37.2. The van der Waals surface area contributed by atoms with E-state index in [1.165, 1.54) is 80.2 Å². The molecule has 2 nitrogen and oxygen atoms in total. The monoisotopic (exact) mass is 838 g/mol. The standard InChI is InChI=1S/C59H38N2S2/c1-4-14-39(15-5-1)40-26-30-45(31-27-40)61(47-34-35-49(41-16-6-2-7-17-41)53(36-47)51-24-12-21-42-18-10-11-22-48(42)51)46-32-28-43(29-33-46)50-23-13-25-52-54-37-55-57(38-56(54)62-58(50)52)63-59(60-55)44-19-8-3-9-20-44/h1-38H. The number of thiophene rings is 1. The van der Waals surface area contributed by atoms with Gasteiger partial charge in [0.2, 0.25) is 0 Å². The molecule has 63 heavy (non-hydrogen) atoms. The van der Waals surface area contributed by atoms with Crippen LogP contribution in [0.25, 0.3) is 96.2 Å². The largest absolute Gasteiger partial charge is 0.310 e. The van der Waals surface area contributed by atoms with Crippen molar-refractivity contribution in [1.29, 1.82) is 0 Å². The molecule has 10 aromatic carbocycles. The highest BCUT2D eigenvalue weighted by atomic mass is 32.1. The lowest BCUT2D eigenvalue weighted by molar-refractivity contribution is 1.28. The molecule has 0 unspecified atom stereocenters. The molecule has 0 N–H and O–H groups in total. The number of nitrogens with zero attached hydrogens (tertiary/aromatic N) is 2. The summed E-state index contributed by atoms with van der Waals surface area (Å²) in [5.74, 6) is 0. The van der Waals surface area contributed by atoms with Crippen LogP contribution in [0.4, 0.5) is 17.1 Å². The Kier molecular flexibility index (Phi) is 9.25. The van der Waals surface area contributed by atoms with Gasteiger partial charge in [-0.05, 0) is 104 Å². The molecule has 0 saturated carbocycles. The van der Waals surface area contributed by atoms with Crippen LogP contribution in [-0.4, -0.2) is 4.98 Å². The summed E-state index contributed by atoms with van der Waals surface area (Å²) in [6.45, 7) is 0. The molecule has 4 heteroatoms. The summed E-state index contributed by atoms with van der Waals surface area (Å²) >= 11 is 3.64. The van der Waals surface area contributed by atoms with E-state index in [0.717, 1.165) is 33.1 Å². The molecular weight excluding hydrogens is 801 g/mol. The number of thiazole rings is 1. The highest BCUT2D eigenvalue weighted by Crippen LogP contribution is 2.46. The molecule has 0 spiro atoms. The van der Waals surface area contributed by atoms with Crippen molar-refractivity contribution in [1.82, 2.24) is 4.98 Å². The maximum absolute atomic E-state index is 5.07. The first-order valence-corrected chi connectivity index (χ1v) is 22.9. The molecule has 0 fully saturated rings. The Bertz CT molecular complexity index is 3590. The van der Waals surface area contributed by atoms with Gasteiger partial charge in [0.05, 0.1) is 10.2 Å². The minimum atomic E-state index is 1.05. The van der Waals surface area contributed by atoms with Crippen molar-refractivity contribution in [3.63, 3.8) is 0 Å². The summed E-state index contributed by atoms with van der Waals surface area (Å²) in [6.07, 6.45) is 0. The van der Waals surface area contributed by atoms with Crippen LogP contribution in [0.15, 0.2) is 231 Å². The fourth-order valence-corrected chi connectivity index (χ4v) is 11.4. The lowest BCUT2D eigenvalue weighted by atomic mass is 9.90. The molecule has 0 atom stereocenters. The van der Waals surface area contributed by atoms with Crippen molar-refractivity contribution in [2.45, 2.75) is 0 Å². The maximum Gasteiger partial charge on any atom is 0.124 e. The van der Waals surface area contributed by atoms with E-state index in [0.29, 0.717) is 0 Å². The molecule has 2 aromatic heterocycles. The van der Waals surface area contributed by atoms with Gasteiger partial charge in [-0.1, -0.05) is 182 Å². The second kappa shape index (κ2) is 15.7. The third kappa shape index (κ3) is 6.77. The molecule has 0 aliphatic heterocycles. The molecule has 0 amide bonds. The average molecular weight is 839 g/mol. The number of benzene rings is 10. The van der Waals surface area contributed by atoms with Crippen molar-refractivity contribution in [3.8, 4) is 55.1 Å². The Balaban J connectivity index is 0.979. The van der Waals surface area contributed by atoms with E-state index < -0.39 is 0 Å². The van der Waals surface area contributed by atoms with E-state index in [9.17, 15) is 0 Å². The molecule has 0 bridgehead atoms. The second-order valence-corrected chi connectivity index (χ2v) is 18.0. The van der Waals surface area contributed by atoms with Crippen molar-refractivity contribution >= 4 is 80.9 Å². The van der Waals surface area contributed by atoms with Gasteiger partial charge in [-0.25, -0.2) is 4.98 Å². The number of anilines is 3. The molecular formula is C59H38N2S2. The van der Waals surface area contributed by atoms with Gasteiger partial charge in [0.25, 0.3) is 0 Å². The predicted octanol–water partition coefficient (Wildman–Crippen LogP) is 17.6.